The number of hydrogen-bond acceptors (Lipinski definition) is 3. The minimum absolute atomic E-state index is 0. The molecule has 16 heavy (non-hydrogen) atoms. The molecule has 1 rings (SSSR count). The van der Waals surface area contributed by atoms with Crippen LogP contribution in [-0.2, 0) is 10.0 Å². The van der Waals surface area contributed by atoms with Crippen LogP contribution in [0.15, 0.2) is 0 Å². The SMILES string of the molecule is CCC(C)CS(=O)(=O)N1CCCNCC1.Cl. The maximum Gasteiger partial charge on any atom is 0.214 e. The summed E-state index contributed by atoms with van der Waals surface area (Å²) < 4.78 is 25.6. The Balaban J connectivity index is 0.00000225. The Kier molecular flexibility index (Phi) is 7.55. The van der Waals surface area contributed by atoms with E-state index in [1.165, 1.54) is 0 Å². The van der Waals surface area contributed by atoms with Gasteiger partial charge in [-0.2, -0.15) is 0 Å². The molecule has 0 saturated carbocycles. The molecule has 4 nitrogen and oxygen atoms in total. The molecule has 1 aliphatic rings. The highest BCUT2D eigenvalue weighted by Crippen LogP contribution is 2.11. The number of halogens is 1. The normalized spacial score (nSPS) is 20.9. The summed E-state index contributed by atoms with van der Waals surface area (Å²) in [5, 5.41) is 3.21. The molecule has 0 radical (unpaired) electrons. The van der Waals surface area contributed by atoms with E-state index in [2.05, 4.69) is 5.32 Å². The van der Waals surface area contributed by atoms with Crippen molar-refractivity contribution < 1.29 is 8.42 Å². The van der Waals surface area contributed by atoms with Crippen molar-refractivity contribution in [3.63, 3.8) is 0 Å². The van der Waals surface area contributed by atoms with Crippen LogP contribution < -0.4 is 5.32 Å². The van der Waals surface area contributed by atoms with Crippen LogP contribution in [0.25, 0.3) is 0 Å². The Morgan fingerprint density at radius 1 is 1.31 bits per heavy atom. The summed E-state index contributed by atoms with van der Waals surface area (Å²) in [6, 6.07) is 0. The average molecular weight is 271 g/mol. The first-order chi connectivity index (χ1) is 7.06. The number of nitrogens with one attached hydrogen (secondary N) is 1. The maximum absolute atomic E-state index is 12.0. The monoisotopic (exact) mass is 270 g/mol. The van der Waals surface area contributed by atoms with E-state index in [0.29, 0.717) is 18.8 Å². The van der Waals surface area contributed by atoms with E-state index in [1.807, 2.05) is 13.8 Å². The van der Waals surface area contributed by atoms with Gasteiger partial charge < -0.3 is 5.32 Å². The van der Waals surface area contributed by atoms with Gasteiger partial charge >= 0.3 is 0 Å². The minimum Gasteiger partial charge on any atom is -0.315 e. The maximum atomic E-state index is 12.0. The zero-order valence-electron chi connectivity index (χ0n) is 10.1. The minimum atomic E-state index is -3.02. The van der Waals surface area contributed by atoms with Crippen molar-refractivity contribution >= 4 is 22.4 Å². The molecule has 1 fully saturated rings. The average Bonchev–Trinajstić information content (AvgIpc) is 2.45. The molecule has 0 aromatic carbocycles. The molecule has 0 spiro atoms. The van der Waals surface area contributed by atoms with Crippen molar-refractivity contribution in [1.82, 2.24) is 9.62 Å². The first-order valence-corrected chi connectivity index (χ1v) is 7.35. The Morgan fingerprint density at radius 3 is 2.62 bits per heavy atom. The van der Waals surface area contributed by atoms with Crippen molar-refractivity contribution in [2.24, 2.45) is 5.92 Å². The second-order valence-corrected chi connectivity index (χ2v) is 6.31. The second kappa shape index (κ2) is 7.48. The van der Waals surface area contributed by atoms with Crippen LogP contribution in [0.4, 0.5) is 0 Å². The molecule has 1 atom stereocenters. The van der Waals surface area contributed by atoms with Crippen molar-refractivity contribution in [2.75, 3.05) is 31.9 Å². The van der Waals surface area contributed by atoms with Crippen molar-refractivity contribution in [3.8, 4) is 0 Å². The predicted molar refractivity (Wildman–Crippen MR) is 69.5 cm³/mol. The fourth-order valence-electron chi connectivity index (χ4n) is 1.68. The standard InChI is InChI=1S/C10H22N2O2S.ClH/c1-3-10(2)9-15(13,14)12-7-4-5-11-6-8-12;/h10-11H,3-9H2,1-2H3;1H. The fraction of sp³-hybridized carbons (Fsp3) is 1.00. The lowest BCUT2D eigenvalue weighted by Crippen LogP contribution is -2.37. The molecule has 1 aliphatic heterocycles. The molecule has 0 amide bonds. The van der Waals surface area contributed by atoms with Crippen LogP contribution >= 0.6 is 12.4 Å². The van der Waals surface area contributed by atoms with Gasteiger partial charge in [-0.05, 0) is 18.9 Å². The summed E-state index contributed by atoms with van der Waals surface area (Å²) in [6.07, 6.45) is 1.84. The Morgan fingerprint density at radius 2 is 2.00 bits per heavy atom. The largest absolute Gasteiger partial charge is 0.315 e. The highest BCUT2D eigenvalue weighted by molar-refractivity contribution is 7.89. The van der Waals surface area contributed by atoms with Gasteiger partial charge in [0.05, 0.1) is 5.75 Å². The molecule has 0 aromatic rings. The van der Waals surface area contributed by atoms with Crippen molar-refractivity contribution in [2.45, 2.75) is 26.7 Å². The number of nitrogens with zero attached hydrogens (tertiary/aromatic N) is 1. The summed E-state index contributed by atoms with van der Waals surface area (Å²) in [5.74, 6) is 0.551. The summed E-state index contributed by atoms with van der Waals surface area (Å²) in [7, 11) is -3.02. The highest BCUT2D eigenvalue weighted by atomic mass is 35.5. The van der Waals surface area contributed by atoms with Crippen LogP contribution in [0.3, 0.4) is 0 Å². The molecule has 1 unspecified atom stereocenters. The first kappa shape index (κ1) is 16.2. The van der Waals surface area contributed by atoms with E-state index in [1.54, 1.807) is 4.31 Å². The highest BCUT2D eigenvalue weighted by Gasteiger charge is 2.24. The number of hydrogen-bond donors (Lipinski definition) is 1. The van der Waals surface area contributed by atoms with E-state index in [4.69, 9.17) is 0 Å². The van der Waals surface area contributed by atoms with Crippen molar-refractivity contribution in [3.05, 3.63) is 0 Å². The molecular weight excluding hydrogens is 248 g/mol. The van der Waals surface area contributed by atoms with Gasteiger partial charge in [-0.1, -0.05) is 20.3 Å². The molecule has 1 saturated heterocycles. The third kappa shape index (κ3) is 4.99. The molecule has 6 heteroatoms. The summed E-state index contributed by atoms with van der Waals surface area (Å²) >= 11 is 0. The van der Waals surface area contributed by atoms with E-state index < -0.39 is 10.0 Å². The predicted octanol–water partition coefficient (Wildman–Crippen LogP) is 1.08. The molecule has 0 aliphatic carbocycles. The summed E-state index contributed by atoms with van der Waals surface area (Å²) in [6.45, 7) is 7.03. The zero-order chi connectivity index (χ0) is 11.3. The summed E-state index contributed by atoms with van der Waals surface area (Å²) in [4.78, 5) is 0. The van der Waals surface area contributed by atoms with Crippen LogP contribution in [0, 0.1) is 5.92 Å². The molecule has 0 bridgehead atoms. The van der Waals surface area contributed by atoms with Gasteiger partial charge in [0.15, 0.2) is 0 Å². The fourth-order valence-corrected chi connectivity index (χ4v) is 3.62. The molecule has 0 aromatic heterocycles. The van der Waals surface area contributed by atoms with Crippen molar-refractivity contribution in [1.29, 1.82) is 0 Å². The van der Waals surface area contributed by atoms with Gasteiger partial charge in [0.1, 0.15) is 0 Å². The molecular formula is C10H23ClN2O2S. The smallest absolute Gasteiger partial charge is 0.214 e. The van der Waals surface area contributed by atoms with Crippen LogP contribution in [0.1, 0.15) is 26.7 Å². The third-order valence-electron chi connectivity index (χ3n) is 2.88. The molecule has 98 valence electrons. The quantitative estimate of drug-likeness (QED) is 0.832. The van der Waals surface area contributed by atoms with E-state index in [0.717, 1.165) is 25.9 Å². The topological polar surface area (TPSA) is 49.4 Å². The van der Waals surface area contributed by atoms with Gasteiger partial charge in [-0.15, -0.1) is 12.4 Å². The Labute approximate surface area is 105 Å². The van der Waals surface area contributed by atoms with Crippen LogP contribution in [-0.4, -0.2) is 44.7 Å². The first-order valence-electron chi connectivity index (χ1n) is 5.75. The lowest BCUT2D eigenvalue weighted by molar-refractivity contribution is 0.424. The zero-order valence-corrected chi connectivity index (χ0v) is 11.7. The van der Waals surface area contributed by atoms with Gasteiger partial charge in [-0.25, -0.2) is 12.7 Å². The summed E-state index contributed by atoms with van der Waals surface area (Å²) in [5.41, 5.74) is 0. The van der Waals surface area contributed by atoms with E-state index in [-0.39, 0.29) is 18.3 Å². The van der Waals surface area contributed by atoms with Gasteiger partial charge in [0.25, 0.3) is 0 Å². The van der Waals surface area contributed by atoms with E-state index >= 15 is 0 Å². The lowest BCUT2D eigenvalue weighted by Gasteiger charge is -2.21. The van der Waals surface area contributed by atoms with Gasteiger partial charge in [-0.3, -0.25) is 0 Å². The van der Waals surface area contributed by atoms with Crippen LogP contribution in [0.5, 0.6) is 0 Å². The molecule has 1 N–H and O–H groups in total. The van der Waals surface area contributed by atoms with E-state index in [9.17, 15) is 8.42 Å². The lowest BCUT2D eigenvalue weighted by atomic mass is 10.2. The van der Waals surface area contributed by atoms with Gasteiger partial charge in [0, 0.05) is 19.6 Å². The third-order valence-corrected chi connectivity index (χ3v) is 5.03. The molecule has 1 heterocycles. The second-order valence-electron chi connectivity index (χ2n) is 4.29. The number of rotatable bonds is 4. The Bertz CT molecular complexity index is 275. The van der Waals surface area contributed by atoms with Crippen LogP contribution in [0.2, 0.25) is 0 Å². The Hall–Kier alpha value is 0.160. The number of sulfonamides is 1. The van der Waals surface area contributed by atoms with Gasteiger partial charge in [0.2, 0.25) is 10.0 Å².